The molecular formula is C27H40N4O4. The Morgan fingerprint density at radius 1 is 1.06 bits per heavy atom. The summed E-state index contributed by atoms with van der Waals surface area (Å²) in [4.78, 5) is 43.9. The fraction of sp³-hybridized carbons (Fsp3) is 0.593. The molecule has 192 valence electrons. The summed E-state index contributed by atoms with van der Waals surface area (Å²) in [6.45, 7) is 8.25. The van der Waals surface area contributed by atoms with Gasteiger partial charge in [0.05, 0.1) is 11.8 Å². The highest BCUT2D eigenvalue weighted by atomic mass is 16.3. The Labute approximate surface area is 208 Å². The molecule has 1 heterocycles. The van der Waals surface area contributed by atoms with E-state index in [1.54, 1.807) is 11.9 Å². The fourth-order valence-corrected chi connectivity index (χ4v) is 5.67. The van der Waals surface area contributed by atoms with Crippen molar-refractivity contribution < 1.29 is 19.5 Å². The second kappa shape index (κ2) is 12.2. The van der Waals surface area contributed by atoms with Crippen LogP contribution in [0.5, 0.6) is 0 Å². The lowest BCUT2D eigenvalue weighted by atomic mass is 9.68. The van der Waals surface area contributed by atoms with Crippen molar-refractivity contribution in [2.45, 2.75) is 46.1 Å². The van der Waals surface area contributed by atoms with Gasteiger partial charge in [-0.2, -0.15) is 0 Å². The normalized spacial score (nSPS) is 25.3. The van der Waals surface area contributed by atoms with Crippen molar-refractivity contribution in [1.82, 2.24) is 10.2 Å². The van der Waals surface area contributed by atoms with Crippen LogP contribution in [-0.4, -0.2) is 67.1 Å². The number of aliphatic hydroxyl groups is 1. The van der Waals surface area contributed by atoms with E-state index in [0.717, 1.165) is 31.6 Å². The fourth-order valence-electron chi connectivity index (χ4n) is 5.67. The predicted octanol–water partition coefficient (Wildman–Crippen LogP) is 2.65. The van der Waals surface area contributed by atoms with Gasteiger partial charge in [-0.25, -0.2) is 0 Å². The maximum absolute atomic E-state index is 13.6. The van der Waals surface area contributed by atoms with Crippen LogP contribution in [0.4, 0.5) is 11.4 Å². The van der Waals surface area contributed by atoms with Gasteiger partial charge in [0.2, 0.25) is 17.7 Å². The number of hydrogen-bond donors (Lipinski definition) is 3. The molecule has 8 nitrogen and oxygen atoms in total. The van der Waals surface area contributed by atoms with E-state index in [1.807, 2.05) is 36.4 Å². The number of anilines is 2. The maximum Gasteiger partial charge on any atom is 0.247 e. The van der Waals surface area contributed by atoms with Crippen molar-refractivity contribution in [3.63, 3.8) is 0 Å². The topological polar surface area (TPSA) is 102 Å². The van der Waals surface area contributed by atoms with E-state index in [9.17, 15) is 19.5 Å². The van der Waals surface area contributed by atoms with Gasteiger partial charge < -0.3 is 25.5 Å². The molecule has 1 aliphatic carbocycles. The Balaban J connectivity index is 1.89. The summed E-state index contributed by atoms with van der Waals surface area (Å²) in [5.41, 5.74) is 1.75. The summed E-state index contributed by atoms with van der Waals surface area (Å²) < 4.78 is 0. The molecule has 0 unspecified atom stereocenters. The zero-order valence-electron chi connectivity index (χ0n) is 21.4. The third-order valence-corrected chi connectivity index (χ3v) is 7.37. The molecule has 3 rings (SSSR count). The third kappa shape index (κ3) is 5.53. The van der Waals surface area contributed by atoms with Crippen molar-refractivity contribution in [2.24, 2.45) is 23.7 Å². The summed E-state index contributed by atoms with van der Waals surface area (Å²) in [6.07, 6.45) is 6.06. The van der Waals surface area contributed by atoms with Crippen LogP contribution < -0.4 is 15.5 Å². The van der Waals surface area contributed by atoms with Crippen LogP contribution in [0.2, 0.25) is 0 Å². The van der Waals surface area contributed by atoms with E-state index in [-0.39, 0.29) is 36.8 Å². The molecule has 1 aromatic rings. The molecule has 3 N–H and O–H groups in total. The second-order valence-corrected chi connectivity index (χ2v) is 9.34. The summed E-state index contributed by atoms with van der Waals surface area (Å²) in [6, 6.07) is 6.98. The standard InChI is InChI=1S/C27H40N4O4/c1-5-9-18-10-15-21-23(22(18)25(33)28-4)27(35)31(16-8-17-32)24(21)26(34)29-19-11-13-20(14-12-19)30(6-2)7-3/h10-15,18,21-24,32H,5-9,16-17H2,1-4H3,(H,28,33)(H,29,34)/t18-,21+,22-,23+,24+/m1/s1. The van der Waals surface area contributed by atoms with Crippen LogP contribution in [-0.2, 0) is 14.4 Å². The number of likely N-dealkylation sites (tertiary alicyclic amines) is 1. The number of nitrogens with zero attached hydrogens (tertiary/aromatic N) is 2. The number of hydrogen-bond acceptors (Lipinski definition) is 5. The molecule has 1 aliphatic heterocycles. The molecule has 35 heavy (non-hydrogen) atoms. The number of allylic oxidation sites excluding steroid dienone is 1. The monoisotopic (exact) mass is 484 g/mol. The van der Waals surface area contributed by atoms with Gasteiger partial charge >= 0.3 is 0 Å². The summed E-state index contributed by atoms with van der Waals surface area (Å²) in [7, 11) is 1.59. The van der Waals surface area contributed by atoms with Crippen molar-refractivity contribution in [1.29, 1.82) is 0 Å². The zero-order chi connectivity index (χ0) is 25.5. The SMILES string of the molecule is CCC[C@@H]1C=C[C@H]2[C@H](C(=O)N(CCCO)[C@@H]2C(=O)Nc2ccc(N(CC)CC)cc2)[C@@H]1C(=O)NC. The molecule has 2 aliphatic rings. The summed E-state index contributed by atoms with van der Waals surface area (Å²) >= 11 is 0. The van der Waals surface area contributed by atoms with E-state index in [0.29, 0.717) is 12.1 Å². The lowest BCUT2D eigenvalue weighted by molar-refractivity contribution is -0.140. The zero-order valence-corrected chi connectivity index (χ0v) is 21.4. The number of nitrogens with one attached hydrogen (secondary N) is 2. The minimum atomic E-state index is -0.729. The van der Waals surface area contributed by atoms with E-state index in [1.165, 1.54) is 0 Å². The van der Waals surface area contributed by atoms with Gasteiger partial charge in [-0.1, -0.05) is 25.5 Å². The first-order chi connectivity index (χ1) is 16.9. The maximum atomic E-state index is 13.6. The highest BCUT2D eigenvalue weighted by Crippen LogP contribution is 2.45. The first kappa shape index (κ1) is 26.7. The molecule has 5 atom stereocenters. The van der Waals surface area contributed by atoms with Gasteiger partial charge in [0.1, 0.15) is 6.04 Å². The molecule has 0 saturated carbocycles. The highest BCUT2D eigenvalue weighted by molar-refractivity contribution is 6.02. The number of carbonyl (C=O) groups excluding carboxylic acids is 3. The minimum absolute atomic E-state index is 0.0423. The average Bonchev–Trinajstić information content (AvgIpc) is 3.15. The van der Waals surface area contributed by atoms with Gasteiger partial charge in [-0.05, 0) is 56.9 Å². The first-order valence-electron chi connectivity index (χ1n) is 12.9. The Kier molecular flexibility index (Phi) is 9.32. The van der Waals surface area contributed by atoms with Gasteiger partial charge in [0, 0.05) is 50.6 Å². The smallest absolute Gasteiger partial charge is 0.247 e. The Morgan fingerprint density at radius 3 is 2.31 bits per heavy atom. The van der Waals surface area contributed by atoms with E-state index in [2.05, 4.69) is 36.3 Å². The number of fused-ring (bicyclic) bond motifs is 1. The van der Waals surface area contributed by atoms with E-state index >= 15 is 0 Å². The Bertz CT molecular complexity index is 912. The average molecular weight is 485 g/mol. The van der Waals surface area contributed by atoms with Crippen LogP contribution in [0, 0.1) is 23.7 Å². The second-order valence-electron chi connectivity index (χ2n) is 9.34. The van der Waals surface area contributed by atoms with Crippen LogP contribution in [0.15, 0.2) is 36.4 Å². The number of rotatable bonds is 11. The molecule has 1 saturated heterocycles. The molecule has 0 aromatic heterocycles. The van der Waals surface area contributed by atoms with Crippen molar-refractivity contribution >= 4 is 29.1 Å². The Hall–Kier alpha value is -2.87. The third-order valence-electron chi connectivity index (χ3n) is 7.37. The number of benzene rings is 1. The number of amides is 3. The molecule has 0 bridgehead atoms. The van der Waals surface area contributed by atoms with Gasteiger partial charge in [-0.15, -0.1) is 0 Å². The van der Waals surface area contributed by atoms with Crippen LogP contribution in [0.25, 0.3) is 0 Å². The van der Waals surface area contributed by atoms with Crippen LogP contribution in [0.3, 0.4) is 0 Å². The number of aliphatic hydroxyl groups excluding tert-OH is 1. The van der Waals surface area contributed by atoms with Crippen molar-refractivity contribution in [3.8, 4) is 0 Å². The van der Waals surface area contributed by atoms with Crippen molar-refractivity contribution in [2.75, 3.05) is 43.5 Å². The van der Waals surface area contributed by atoms with Gasteiger partial charge in [-0.3, -0.25) is 14.4 Å². The van der Waals surface area contributed by atoms with E-state index < -0.39 is 23.8 Å². The molecular weight excluding hydrogens is 444 g/mol. The van der Waals surface area contributed by atoms with Crippen molar-refractivity contribution in [3.05, 3.63) is 36.4 Å². The number of carbonyl (C=O) groups is 3. The van der Waals surface area contributed by atoms with Crippen LogP contribution in [0.1, 0.15) is 40.0 Å². The quantitative estimate of drug-likeness (QED) is 0.419. The molecule has 1 aromatic carbocycles. The molecule has 3 amide bonds. The van der Waals surface area contributed by atoms with E-state index in [4.69, 9.17) is 0 Å². The minimum Gasteiger partial charge on any atom is -0.396 e. The summed E-state index contributed by atoms with van der Waals surface area (Å²) in [5, 5.41) is 15.1. The molecule has 8 heteroatoms. The lowest BCUT2D eigenvalue weighted by Gasteiger charge is -2.34. The van der Waals surface area contributed by atoms with Gasteiger partial charge in [0.25, 0.3) is 0 Å². The predicted molar refractivity (Wildman–Crippen MR) is 138 cm³/mol. The lowest BCUT2D eigenvalue weighted by Crippen LogP contribution is -2.45. The summed E-state index contributed by atoms with van der Waals surface area (Å²) in [5.74, 6) is -2.15. The first-order valence-corrected chi connectivity index (χ1v) is 12.9. The molecule has 0 radical (unpaired) electrons. The molecule has 1 fully saturated rings. The largest absolute Gasteiger partial charge is 0.396 e. The van der Waals surface area contributed by atoms with Crippen LogP contribution >= 0.6 is 0 Å². The Morgan fingerprint density at radius 2 is 1.74 bits per heavy atom. The molecule has 0 spiro atoms. The van der Waals surface area contributed by atoms with Gasteiger partial charge in [0.15, 0.2) is 0 Å². The highest BCUT2D eigenvalue weighted by Gasteiger charge is 2.56.